The number of nitrogens with one attached hydrogen (secondary N) is 1. The molecule has 1 saturated heterocycles. The molecule has 0 aromatic carbocycles. The average molecular weight is 254 g/mol. The third kappa shape index (κ3) is 2.58. The van der Waals surface area contributed by atoms with Crippen LogP contribution in [0.3, 0.4) is 0 Å². The SMILES string of the molecule is Cc1nc(N(C)C)sc1C(=O)N1CCNCC1. The molecule has 0 saturated carbocycles. The van der Waals surface area contributed by atoms with Gasteiger partial charge in [-0.3, -0.25) is 4.79 Å². The minimum absolute atomic E-state index is 0.120. The molecule has 1 aliphatic heterocycles. The second-order valence-electron chi connectivity index (χ2n) is 4.35. The number of anilines is 1. The van der Waals surface area contributed by atoms with Crippen molar-refractivity contribution in [3.8, 4) is 0 Å². The van der Waals surface area contributed by atoms with Gasteiger partial charge in [-0.25, -0.2) is 4.98 Å². The summed E-state index contributed by atoms with van der Waals surface area (Å²) in [6, 6.07) is 0. The number of aryl methyl sites for hydroxylation is 1. The molecule has 6 heteroatoms. The third-order valence-electron chi connectivity index (χ3n) is 2.77. The van der Waals surface area contributed by atoms with E-state index < -0.39 is 0 Å². The summed E-state index contributed by atoms with van der Waals surface area (Å²) in [5.41, 5.74) is 0.835. The molecular weight excluding hydrogens is 236 g/mol. The molecule has 2 rings (SSSR count). The van der Waals surface area contributed by atoms with Gasteiger partial charge in [0.05, 0.1) is 5.69 Å². The smallest absolute Gasteiger partial charge is 0.266 e. The van der Waals surface area contributed by atoms with Crippen LogP contribution >= 0.6 is 11.3 Å². The van der Waals surface area contributed by atoms with E-state index in [1.807, 2.05) is 30.8 Å². The molecular formula is C11H18N4OS. The van der Waals surface area contributed by atoms with Crippen molar-refractivity contribution >= 4 is 22.4 Å². The lowest BCUT2D eigenvalue weighted by Crippen LogP contribution is -2.46. The molecule has 0 radical (unpaired) electrons. The van der Waals surface area contributed by atoms with E-state index in [1.54, 1.807) is 0 Å². The summed E-state index contributed by atoms with van der Waals surface area (Å²) in [6.45, 7) is 5.23. The third-order valence-corrected chi connectivity index (χ3v) is 4.08. The zero-order valence-electron chi connectivity index (χ0n) is 10.5. The van der Waals surface area contributed by atoms with Crippen LogP contribution < -0.4 is 10.2 Å². The molecule has 1 N–H and O–H groups in total. The lowest BCUT2D eigenvalue weighted by molar-refractivity contribution is 0.0740. The normalized spacial score (nSPS) is 16.1. The first-order valence-electron chi connectivity index (χ1n) is 5.74. The summed E-state index contributed by atoms with van der Waals surface area (Å²) in [5.74, 6) is 0.120. The van der Waals surface area contributed by atoms with E-state index in [0.717, 1.165) is 41.9 Å². The van der Waals surface area contributed by atoms with Gasteiger partial charge in [-0.15, -0.1) is 0 Å². The summed E-state index contributed by atoms with van der Waals surface area (Å²) in [5, 5.41) is 4.13. The van der Waals surface area contributed by atoms with Crippen LogP contribution in [-0.2, 0) is 0 Å². The highest BCUT2D eigenvalue weighted by Crippen LogP contribution is 2.25. The zero-order chi connectivity index (χ0) is 12.4. The molecule has 1 amide bonds. The zero-order valence-corrected chi connectivity index (χ0v) is 11.3. The maximum absolute atomic E-state index is 12.3. The van der Waals surface area contributed by atoms with Crippen molar-refractivity contribution in [1.82, 2.24) is 15.2 Å². The lowest BCUT2D eigenvalue weighted by Gasteiger charge is -2.27. The Labute approximate surface area is 105 Å². The standard InChI is InChI=1S/C11H18N4OS/c1-8-9(17-11(13-8)14(2)3)10(16)15-6-4-12-5-7-15/h12H,4-7H2,1-3H3. The Hall–Kier alpha value is -1.14. The number of hydrogen-bond donors (Lipinski definition) is 1. The highest BCUT2D eigenvalue weighted by molar-refractivity contribution is 7.17. The summed E-state index contributed by atoms with van der Waals surface area (Å²) < 4.78 is 0. The first kappa shape index (κ1) is 12.3. The summed E-state index contributed by atoms with van der Waals surface area (Å²) in [7, 11) is 3.88. The number of rotatable bonds is 2. The predicted molar refractivity (Wildman–Crippen MR) is 70.0 cm³/mol. The van der Waals surface area contributed by atoms with Gasteiger partial charge in [-0.2, -0.15) is 0 Å². The van der Waals surface area contributed by atoms with Gasteiger partial charge >= 0.3 is 0 Å². The van der Waals surface area contributed by atoms with Gasteiger partial charge in [0, 0.05) is 40.3 Å². The first-order chi connectivity index (χ1) is 8.09. The number of carbonyl (C=O) groups is 1. The minimum Gasteiger partial charge on any atom is -0.354 e. The summed E-state index contributed by atoms with van der Waals surface area (Å²) in [4.78, 5) is 21.3. The van der Waals surface area contributed by atoms with Crippen LogP contribution in [0.2, 0.25) is 0 Å². The first-order valence-corrected chi connectivity index (χ1v) is 6.56. The van der Waals surface area contributed by atoms with E-state index in [4.69, 9.17) is 0 Å². The molecule has 94 valence electrons. The fourth-order valence-electron chi connectivity index (χ4n) is 1.78. The fraction of sp³-hybridized carbons (Fsp3) is 0.636. The van der Waals surface area contributed by atoms with Crippen LogP contribution in [0.5, 0.6) is 0 Å². The van der Waals surface area contributed by atoms with Crippen LogP contribution in [0.25, 0.3) is 0 Å². The maximum Gasteiger partial charge on any atom is 0.266 e. The Bertz CT molecular complexity index is 410. The Morgan fingerprint density at radius 3 is 2.59 bits per heavy atom. The van der Waals surface area contributed by atoms with Crippen LogP contribution in [0.15, 0.2) is 0 Å². The number of hydrogen-bond acceptors (Lipinski definition) is 5. The predicted octanol–water partition coefficient (Wildman–Crippen LogP) is 0.563. The van der Waals surface area contributed by atoms with Crippen LogP contribution in [0, 0.1) is 6.92 Å². The van der Waals surface area contributed by atoms with Crippen LogP contribution in [0.1, 0.15) is 15.4 Å². The molecule has 5 nitrogen and oxygen atoms in total. The Morgan fingerprint density at radius 2 is 2.06 bits per heavy atom. The van der Waals surface area contributed by atoms with E-state index >= 15 is 0 Å². The Kier molecular flexibility index (Phi) is 3.63. The van der Waals surface area contributed by atoms with Crippen molar-refractivity contribution in [2.45, 2.75) is 6.92 Å². The van der Waals surface area contributed by atoms with Crippen molar-refractivity contribution in [2.24, 2.45) is 0 Å². The van der Waals surface area contributed by atoms with Crippen molar-refractivity contribution in [3.63, 3.8) is 0 Å². The van der Waals surface area contributed by atoms with E-state index in [0.29, 0.717) is 0 Å². The molecule has 0 unspecified atom stereocenters. The van der Waals surface area contributed by atoms with E-state index in [2.05, 4.69) is 10.3 Å². The molecule has 0 bridgehead atoms. The van der Waals surface area contributed by atoms with Crippen molar-refractivity contribution in [3.05, 3.63) is 10.6 Å². The maximum atomic E-state index is 12.3. The van der Waals surface area contributed by atoms with E-state index in [1.165, 1.54) is 11.3 Å². The second-order valence-corrected chi connectivity index (χ2v) is 5.33. The minimum atomic E-state index is 0.120. The van der Waals surface area contributed by atoms with Gasteiger partial charge in [0.15, 0.2) is 5.13 Å². The van der Waals surface area contributed by atoms with Crippen LogP contribution in [0.4, 0.5) is 5.13 Å². The van der Waals surface area contributed by atoms with Gasteiger partial charge < -0.3 is 15.1 Å². The molecule has 17 heavy (non-hydrogen) atoms. The van der Waals surface area contributed by atoms with Gasteiger partial charge in [-0.1, -0.05) is 11.3 Å². The van der Waals surface area contributed by atoms with Crippen molar-refractivity contribution < 1.29 is 4.79 Å². The van der Waals surface area contributed by atoms with E-state index in [9.17, 15) is 4.79 Å². The largest absolute Gasteiger partial charge is 0.354 e. The lowest BCUT2D eigenvalue weighted by atomic mass is 10.3. The van der Waals surface area contributed by atoms with Gasteiger partial charge in [-0.05, 0) is 6.92 Å². The summed E-state index contributed by atoms with van der Waals surface area (Å²) >= 11 is 1.47. The fourth-order valence-corrected chi connectivity index (χ4v) is 2.74. The number of amides is 1. The Morgan fingerprint density at radius 1 is 1.41 bits per heavy atom. The topological polar surface area (TPSA) is 48.5 Å². The highest BCUT2D eigenvalue weighted by atomic mass is 32.1. The van der Waals surface area contributed by atoms with E-state index in [-0.39, 0.29) is 5.91 Å². The van der Waals surface area contributed by atoms with Crippen LogP contribution in [-0.4, -0.2) is 56.1 Å². The Balaban J connectivity index is 2.18. The van der Waals surface area contributed by atoms with Crippen molar-refractivity contribution in [1.29, 1.82) is 0 Å². The number of aromatic nitrogens is 1. The molecule has 1 aromatic heterocycles. The molecule has 1 fully saturated rings. The summed E-state index contributed by atoms with van der Waals surface area (Å²) in [6.07, 6.45) is 0. The molecule has 0 aliphatic carbocycles. The monoisotopic (exact) mass is 254 g/mol. The number of thiazole rings is 1. The molecule has 1 aliphatic rings. The number of nitrogens with zero attached hydrogens (tertiary/aromatic N) is 3. The second kappa shape index (κ2) is 5.01. The number of piperazine rings is 1. The van der Waals surface area contributed by atoms with Gasteiger partial charge in [0.1, 0.15) is 4.88 Å². The highest BCUT2D eigenvalue weighted by Gasteiger charge is 2.23. The molecule has 0 atom stereocenters. The van der Waals surface area contributed by atoms with Gasteiger partial charge in [0.2, 0.25) is 0 Å². The number of carbonyl (C=O) groups excluding carboxylic acids is 1. The quantitative estimate of drug-likeness (QED) is 0.838. The van der Waals surface area contributed by atoms with Crippen molar-refractivity contribution in [2.75, 3.05) is 45.2 Å². The average Bonchev–Trinajstić information content (AvgIpc) is 2.72. The van der Waals surface area contributed by atoms with Gasteiger partial charge in [0.25, 0.3) is 5.91 Å². The molecule has 0 spiro atoms. The molecule has 1 aromatic rings. The molecule has 2 heterocycles.